The van der Waals surface area contributed by atoms with Crippen molar-refractivity contribution in [2.24, 2.45) is 7.05 Å². The van der Waals surface area contributed by atoms with Crippen molar-refractivity contribution in [3.63, 3.8) is 0 Å². The van der Waals surface area contributed by atoms with E-state index in [0.29, 0.717) is 5.75 Å². The second-order valence-electron chi connectivity index (χ2n) is 4.00. The van der Waals surface area contributed by atoms with Crippen LogP contribution >= 0.6 is 0 Å². The zero-order valence-electron chi connectivity index (χ0n) is 11.3. The van der Waals surface area contributed by atoms with E-state index >= 15 is 0 Å². The van der Waals surface area contributed by atoms with Crippen molar-refractivity contribution in [2.45, 2.75) is 0 Å². The Bertz CT molecular complexity index is 682. The topological polar surface area (TPSA) is 118 Å². The number of carbonyl (C=O) groups is 2. The van der Waals surface area contributed by atoms with Crippen LogP contribution in [0.2, 0.25) is 0 Å². The summed E-state index contributed by atoms with van der Waals surface area (Å²) in [7, 11) is 3.04. The highest BCUT2D eigenvalue weighted by molar-refractivity contribution is 6.04. The molecule has 2 amide bonds. The van der Waals surface area contributed by atoms with Gasteiger partial charge < -0.3 is 15.2 Å². The Hall–Kier alpha value is -3.10. The van der Waals surface area contributed by atoms with Gasteiger partial charge in [-0.1, -0.05) is 0 Å². The van der Waals surface area contributed by atoms with Crippen molar-refractivity contribution in [1.82, 2.24) is 14.8 Å². The highest BCUT2D eigenvalue weighted by atomic mass is 16.5. The Labute approximate surface area is 119 Å². The summed E-state index contributed by atoms with van der Waals surface area (Å²) in [5.41, 5.74) is 0.0606. The van der Waals surface area contributed by atoms with E-state index in [-0.39, 0.29) is 17.2 Å². The van der Waals surface area contributed by atoms with E-state index in [1.807, 2.05) is 0 Å². The predicted molar refractivity (Wildman–Crippen MR) is 73.6 cm³/mol. The molecule has 1 aromatic carbocycles. The third-order valence-electron chi connectivity index (χ3n) is 2.64. The second-order valence-corrected chi connectivity index (χ2v) is 4.00. The predicted octanol–water partition coefficient (Wildman–Crippen LogP) is 1.17. The maximum Gasteiger partial charge on any atom is 0.337 e. The number of methoxy groups -OCH3 is 1. The first-order valence-corrected chi connectivity index (χ1v) is 5.84. The summed E-state index contributed by atoms with van der Waals surface area (Å²) in [6, 6.07) is 3.68. The van der Waals surface area contributed by atoms with Crippen molar-refractivity contribution < 1.29 is 19.4 Å². The van der Waals surface area contributed by atoms with Crippen LogP contribution in [0.5, 0.6) is 5.75 Å². The van der Waals surface area contributed by atoms with Gasteiger partial charge >= 0.3 is 12.0 Å². The minimum absolute atomic E-state index is 0.0811. The molecule has 9 heteroatoms. The van der Waals surface area contributed by atoms with Crippen LogP contribution in [0.25, 0.3) is 0 Å². The van der Waals surface area contributed by atoms with Gasteiger partial charge in [0, 0.05) is 7.05 Å². The first kappa shape index (κ1) is 14.3. The van der Waals surface area contributed by atoms with E-state index in [0.717, 1.165) is 0 Å². The van der Waals surface area contributed by atoms with Crippen LogP contribution in [0.3, 0.4) is 0 Å². The van der Waals surface area contributed by atoms with Crippen LogP contribution in [-0.2, 0) is 7.05 Å². The quantitative estimate of drug-likeness (QED) is 0.778. The summed E-state index contributed by atoms with van der Waals surface area (Å²) in [6.07, 6.45) is 1.28. The fourth-order valence-electron chi connectivity index (χ4n) is 1.60. The molecular weight excluding hydrogens is 278 g/mol. The first-order chi connectivity index (χ1) is 10.0. The van der Waals surface area contributed by atoms with Crippen molar-refractivity contribution in [3.8, 4) is 5.75 Å². The molecule has 0 spiro atoms. The smallest absolute Gasteiger partial charge is 0.337 e. The van der Waals surface area contributed by atoms with Gasteiger partial charge in [0.2, 0.25) is 5.95 Å². The zero-order valence-corrected chi connectivity index (χ0v) is 11.3. The van der Waals surface area contributed by atoms with E-state index in [4.69, 9.17) is 9.84 Å². The molecule has 2 rings (SSSR count). The third-order valence-corrected chi connectivity index (χ3v) is 2.64. The lowest BCUT2D eigenvalue weighted by Crippen LogP contribution is -2.22. The van der Waals surface area contributed by atoms with E-state index < -0.39 is 12.0 Å². The van der Waals surface area contributed by atoms with E-state index in [1.54, 1.807) is 13.1 Å². The minimum Gasteiger partial charge on any atom is -0.497 e. The van der Waals surface area contributed by atoms with E-state index in [2.05, 4.69) is 20.7 Å². The van der Waals surface area contributed by atoms with Gasteiger partial charge in [-0.3, -0.25) is 5.32 Å². The number of carboxylic acids is 1. The van der Waals surface area contributed by atoms with E-state index in [1.165, 1.54) is 30.3 Å². The number of hydrogen-bond acceptors (Lipinski definition) is 5. The molecule has 21 heavy (non-hydrogen) atoms. The number of nitrogens with zero attached hydrogens (tertiary/aromatic N) is 3. The Morgan fingerprint density at radius 3 is 2.67 bits per heavy atom. The average Bonchev–Trinajstić information content (AvgIpc) is 2.84. The van der Waals surface area contributed by atoms with Crippen molar-refractivity contribution >= 4 is 23.6 Å². The summed E-state index contributed by atoms with van der Waals surface area (Å²) in [4.78, 5) is 26.8. The number of rotatable bonds is 4. The van der Waals surface area contributed by atoms with Gasteiger partial charge in [-0.05, 0) is 18.2 Å². The normalized spacial score (nSPS) is 10.0. The summed E-state index contributed by atoms with van der Waals surface area (Å²) < 4.78 is 6.32. The second kappa shape index (κ2) is 5.90. The molecule has 2 aromatic rings. The molecule has 0 bridgehead atoms. The monoisotopic (exact) mass is 291 g/mol. The number of benzene rings is 1. The van der Waals surface area contributed by atoms with Crippen LogP contribution in [-0.4, -0.2) is 39.0 Å². The maximum atomic E-state index is 11.8. The maximum absolute atomic E-state index is 11.8. The molecule has 110 valence electrons. The molecular formula is C12H13N5O4. The number of carboxylic acid groups (broad SMARTS) is 1. The first-order valence-electron chi connectivity index (χ1n) is 5.84. The number of anilines is 2. The SMILES string of the molecule is COc1ccc(NC(=O)Nc2ncnn2C)c(C(=O)O)c1. The number of amides is 2. The van der Waals surface area contributed by atoms with Crippen molar-refractivity contribution in [1.29, 1.82) is 0 Å². The van der Waals surface area contributed by atoms with Gasteiger partial charge in [0.1, 0.15) is 12.1 Å². The molecule has 0 atom stereocenters. The van der Waals surface area contributed by atoms with Gasteiger partial charge in [0.15, 0.2) is 0 Å². The van der Waals surface area contributed by atoms with Crippen LogP contribution in [0, 0.1) is 0 Å². The Balaban J connectivity index is 2.17. The van der Waals surface area contributed by atoms with Crippen LogP contribution in [0.4, 0.5) is 16.4 Å². The molecule has 0 unspecified atom stereocenters. The average molecular weight is 291 g/mol. The highest BCUT2D eigenvalue weighted by Gasteiger charge is 2.14. The van der Waals surface area contributed by atoms with E-state index in [9.17, 15) is 9.59 Å². The van der Waals surface area contributed by atoms with Gasteiger partial charge in [0.25, 0.3) is 0 Å². The molecule has 0 aliphatic rings. The highest BCUT2D eigenvalue weighted by Crippen LogP contribution is 2.22. The lowest BCUT2D eigenvalue weighted by Gasteiger charge is -2.10. The molecule has 0 radical (unpaired) electrons. The molecule has 1 aromatic heterocycles. The van der Waals surface area contributed by atoms with Gasteiger partial charge in [-0.15, -0.1) is 0 Å². The molecule has 0 aliphatic carbocycles. The molecule has 0 aliphatic heterocycles. The zero-order chi connectivity index (χ0) is 15.4. The Kier molecular flexibility index (Phi) is 4.02. The van der Waals surface area contributed by atoms with Crippen LogP contribution < -0.4 is 15.4 Å². The number of aromatic nitrogens is 3. The molecule has 0 saturated carbocycles. The fraction of sp³-hybridized carbons (Fsp3) is 0.167. The number of aromatic carboxylic acids is 1. The molecule has 9 nitrogen and oxygen atoms in total. The number of nitrogens with one attached hydrogen (secondary N) is 2. The lowest BCUT2D eigenvalue weighted by molar-refractivity contribution is 0.0697. The number of hydrogen-bond donors (Lipinski definition) is 3. The number of ether oxygens (including phenoxy) is 1. The minimum atomic E-state index is -1.18. The summed E-state index contributed by atoms with van der Waals surface area (Å²) in [5, 5.41) is 17.8. The Morgan fingerprint density at radius 1 is 1.33 bits per heavy atom. The largest absolute Gasteiger partial charge is 0.497 e. The van der Waals surface area contributed by atoms with Gasteiger partial charge in [-0.2, -0.15) is 10.1 Å². The fourth-order valence-corrected chi connectivity index (χ4v) is 1.60. The third kappa shape index (κ3) is 3.26. The van der Waals surface area contributed by atoms with Crippen molar-refractivity contribution in [2.75, 3.05) is 17.7 Å². The number of urea groups is 1. The summed E-state index contributed by atoms with van der Waals surface area (Å²) >= 11 is 0. The van der Waals surface area contributed by atoms with Gasteiger partial charge in [0.05, 0.1) is 18.4 Å². The van der Waals surface area contributed by atoms with Gasteiger partial charge in [-0.25, -0.2) is 14.3 Å². The summed E-state index contributed by atoms with van der Waals surface area (Å²) in [6.45, 7) is 0. The molecule has 1 heterocycles. The number of carbonyl (C=O) groups excluding carboxylic acids is 1. The van der Waals surface area contributed by atoms with Crippen LogP contribution in [0.1, 0.15) is 10.4 Å². The molecule has 0 saturated heterocycles. The van der Waals surface area contributed by atoms with Crippen molar-refractivity contribution in [3.05, 3.63) is 30.1 Å². The molecule has 0 fully saturated rings. The Morgan fingerprint density at radius 2 is 2.10 bits per heavy atom. The standard InChI is InChI=1S/C12H13N5O4/c1-17-11(13-6-14-17)16-12(20)15-9-4-3-7(21-2)5-8(9)10(18)19/h3-6H,1-2H3,(H,18,19)(H2,13,14,15,16,20). The molecule has 3 N–H and O–H groups in total. The lowest BCUT2D eigenvalue weighted by atomic mass is 10.1. The number of aryl methyl sites for hydroxylation is 1. The van der Waals surface area contributed by atoms with Crippen LogP contribution in [0.15, 0.2) is 24.5 Å². The summed E-state index contributed by atoms with van der Waals surface area (Å²) in [5.74, 6) is -0.563.